The molecule has 12 heavy (non-hydrogen) atoms. The number of hydrogen-bond donors (Lipinski definition) is 4. The molecule has 0 spiro atoms. The molecule has 0 saturated carbocycles. The van der Waals surface area contributed by atoms with Crippen LogP contribution in [0.3, 0.4) is 0 Å². The summed E-state index contributed by atoms with van der Waals surface area (Å²) in [5.74, 6) is 0.322. The second-order valence-electron chi connectivity index (χ2n) is 1.68. The van der Waals surface area contributed by atoms with Gasteiger partial charge in [0.25, 0.3) is 0 Å². The zero-order valence-corrected chi connectivity index (χ0v) is 5.75. The van der Waals surface area contributed by atoms with Crippen LogP contribution in [0.5, 0.6) is 5.75 Å². The predicted molar refractivity (Wildman–Crippen MR) is 49.1 cm³/mol. The van der Waals surface area contributed by atoms with Gasteiger partial charge in [-0.05, 0) is 12.1 Å². The van der Waals surface area contributed by atoms with E-state index in [-0.39, 0.29) is 37.7 Å². The summed E-state index contributed by atoms with van der Waals surface area (Å²) < 4.78 is 0. The van der Waals surface area contributed by atoms with E-state index in [1.54, 1.807) is 24.3 Å². The number of phenolic OH excluding ortho intramolecular Hbond substituents is 1. The van der Waals surface area contributed by atoms with Crippen molar-refractivity contribution in [2.45, 2.75) is 0 Å². The van der Waals surface area contributed by atoms with Gasteiger partial charge in [0, 0.05) is 0 Å². The molecule has 1 aromatic rings. The molecule has 0 atom stereocenters. The Labute approximate surface area is 101 Å². The average Bonchev–Trinajstić information content (AvgIpc) is 1.87. The van der Waals surface area contributed by atoms with Crippen LogP contribution in [0, 0.1) is 0 Å². The van der Waals surface area contributed by atoms with E-state index < -0.39 is 7.32 Å². The molecule has 0 aliphatic carbocycles. The SMILES string of the molecule is OB(O)O.Oc1ccccc1.[CaH2]. The summed E-state index contributed by atoms with van der Waals surface area (Å²) in [5.41, 5.74) is 0. The summed E-state index contributed by atoms with van der Waals surface area (Å²) in [6, 6.07) is 8.71. The van der Waals surface area contributed by atoms with E-state index in [4.69, 9.17) is 20.2 Å². The van der Waals surface area contributed by atoms with E-state index >= 15 is 0 Å². The molecule has 0 aromatic heterocycles. The number of phenols is 1. The summed E-state index contributed by atoms with van der Waals surface area (Å²) in [6.45, 7) is 0. The monoisotopic (exact) mass is 198 g/mol. The van der Waals surface area contributed by atoms with Crippen molar-refractivity contribution in [3.63, 3.8) is 0 Å². The summed E-state index contributed by atoms with van der Waals surface area (Å²) in [7, 11) is -2.17. The Bertz CT molecular complexity index is 179. The summed E-state index contributed by atoms with van der Waals surface area (Å²) in [4.78, 5) is 0. The number of rotatable bonds is 0. The first-order valence-electron chi connectivity index (χ1n) is 2.91. The molecule has 0 fully saturated rings. The first kappa shape index (κ1) is 14.7. The average molecular weight is 198 g/mol. The molecular weight excluding hydrogens is 187 g/mol. The van der Waals surface area contributed by atoms with Gasteiger partial charge in [0.2, 0.25) is 0 Å². The predicted octanol–water partition coefficient (Wildman–Crippen LogP) is -1.58. The van der Waals surface area contributed by atoms with Gasteiger partial charge in [-0.3, -0.25) is 0 Å². The number of hydrogen-bond acceptors (Lipinski definition) is 4. The first-order chi connectivity index (χ1) is 5.13. The molecule has 64 valence electrons. The molecule has 0 amide bonds. The van der Waals surface area contributed by atoms with Crippen molar-refractivity contribution in [3.05, 3.63) is 30.3 Å². The Hall–Kier alpha value is 0.225. The van der Waals surface area contributed by atoms with Gasteiger partial charge < -0.3 is 20.2 Å². The standard InChI is InChI=1S/C6H6O.BH3O3.Ca.2H/c7-6-4-2-1-3-5-6;2-1(3)4;;;/h1-5,7H;2-4H;;;. The maximum atomic E-state index is 8.63. The minimum atomic E-state index is -2.17. The molecule has 0 aliphatic heterocycles. The Morgan fingerprint density at radius 3 is 1.42 bits per heavy atom. The van der Waals surface area contributed by atoms with E-state index in [0.29, 0.717) is 5.75 Å². The van der Waals surface area contributed by atoms with Crippen molar-refractivity contribution in [1.82, 2.24) is 0 Å². The molecule has 6 heteroatoms. The van der Waals surface area contributed by atoms with Crippen LogP contribution < -0.4 is 0 Å². The Kier molecular flexibility index (Phi) is 11.4. The molecule has 4 nitrogen and oxygen atoms in total. The van der Waals surface area contributed by atoms with Gasteiger partial charge in [-0.15, -0.1) is 0 Å². The molecule has 0 unspecified atom stereocenters. The Balaban J connectivity index is 0. The Morgan fingerprint density at radius 1 is 0.917 bits per heavy atom. The van der Waals surface area contributed by atoms with Gasteiger partial charge in [0.05, 0.1) is 0 Å². The summed E-state index contributed by atoms with van der Waals surface area (Å²) >= 11 is 0. The topological polar surface area (TPSA) is 80.9 Å². The van der Waals surface area contributed by atoms with Gasteiger partial charge in [0.15, 0.2) is 0 Å². The van der Waals surface area contributed by atoms with Crippen molar-refractivity contribution in [2.24, 2.45) is 0 Å². The van der Waals surface area contributed by atoms with Crippen LogP contribution in [0.4, 0.5) is 0 Å². The first-order valence-corrected chi connectivity index (χ1v) is 2.91. The fourth-order valence-corrected chi connectivity index (χ4v) is 0.428. The second kappa shape index (κ2) is 9.31. The summed E-state index contributed by atoms with van der Waals surface area (Å²) in [6.07, 6.45) is 0. The molecule has 0 saturated heterocycles. The van der Waals surface area contributed by atoms with Crippen molar-refractivity contribution < 1.29 is 20.2 Å². The van der Waals surface area contributed by atoms with Crippen LogP contribution in [0.1, 0.15) is 0 Å². The van der Waals surface area contributed by atoms with Crippen molar-refractivity contribution >= 4 is 45.1 Å². The Morgan fingerprint density at radius 2 is 1.25 bits per heavy atom. The second-order valence-corrected chi connectivity index (χ2v) is 1.68. The quantitative estimate of drug-likeness (QED) is 0.379. The molecule has 4 N–H and O–H groups in total. The number of aromatic hydroxyl groups is 1. The molecule has 0 aliphatic rings. The summed E-state index contributed by atoms with van der Waals surface area (Å²) in [5, 5.41) is 30.1. The van der Waals surface area contributed by atoms with Crippen LogP contribution in [0.2, 0.25) is 0 Å². The van der Waals surface area contributed by atoms with E-state index in [2.05, 4.69) is 0 Å². The van der Waals surface area contributed by atoms with Crippen LogP contribution in [-0.2, 0) is 0 Å². The normalized spacial score (nSPS) is 7.25. The number of benzene rings is 1. The molecule has 0 radical (unpaired) electrons. The molecular formula is C6H11BCaO4. The fraction of sp³-hybridized carbons (Fsp3) is 0. The van der Waals surface area contributed by atoms with E-state index in [0.717, 1.165) is 0 Å². The molecule has 1 aromatic carbocycles. The van der Waals surface area contributed by atoms with Gasteiger partial charge in [-0.1, -0.05) is 18.2 Å². The zero-order chi connectivity index (χ0) is 8.69. The molecule has 0 bridgehead atoms. The molecule has 0 heterocycles. The maximum absolute atomic E-state index is 8.63. The van der Waals surface area contributed by atoms with Crippen molar-refractivity contribution in [2.75, 3.05) is 0 Å². The fourth-order valence-electron chi connectivity index (χ4n) is 0.428. The van der Waals surface area contributed by atoms with Crippen LogP contribution in [0.25, 0.3) is 0 Å². The van der Waals surface area contributed by atoms with E-state index in [1.807, 2.05) is 6.07 Å². The van der Waals surface area contributed by atoms with Gasteiger partial charge >= 0.3 is 45.1 Å². The van der Waals surface area contributed by atoms with E-state index in [1.165, 1.54) is 0 Å². The zero-order valence-electron chi connectivity index (χ0n) is 5.75. The van der Waals surface area contributed by atoms with Gasteiger partial charge in [0.1, 0.15) is 5.75 Å². The van der Waals surface area contributed by atoms with Crippen molar-refractivity contribution in [1.29, 1.82) is 0 Å². The van der Waals surface area contributed by atoms with Crippen LogP contribution in [0.15, 0.2) is 30.3 Å². The van der Waals surface area contributed by atoms with Gasteiger partial charge in [-0.25, -0.2) is 0 Å². The minimum absolute atomic E-state index is 0. The molecule has 1 rings (SSSR count). The van der Waals surface area contributed by atoms with Crippen LogP contribution >= 0.6 is 0 Å². The van der Waals surface area contributed by atoms with Crippen LogP contribution in [-0.4, -0.2) is 65.2 Å². The number of para-hydroxylation sites is 1. The third-order valence-corrected chi connectivity index (χ3v) is 0.756. The van der Waals surface area contributed by atoms with Gasteiger partial charge in [-0.2, -0.15) is 0 Å². The van der Waals surface area contributed by atoms with E-state index in [9.17, 15) is 0 Å². The third kappa shape index (κ3) is 12.9. The third-order valence-electron chi connectivity index (χ3n) is 0.756. The van der Waals surface area contributed by atoms with Crippen molar-refractivity contribution in [3.8, 4) is 5.75 Å².